The molecule has 4 amide bonds. The summed E-state index contributed by atoms with van der Waals surface area (Å²) in [6.07, 6.45) is 7.33. The molecule has 10 nitrogen and oxygen atoms in total. The highest BCUT2D eigenvalue weighted by Crippen LogP contribution is 2.17. The second kappa shape index (κ2) is 9.54. The van der Waals surface area contributed by atoms with Crippen molar-refractivity contribution in [2.45, 2.75) is 24.9 Å². The summed E-state index contributed by atoms with van der Waals surface area (Å²) in [7, 11) is 0. The van der Waals surface area contributed by atoms with Gasteiger partial charge in [-0.2, -0.15) is 0 Å². The first-order valence-corrected chi connectivity index (χ1v) is 10.5. The molecular weight excluding hydrogens is 412 g/mol. The number of rotatable bonds is 4. The Bertz CT molecular complexity index is 1000. The molecule has 0 aromatic carbocycles. The highest BCUT2D eigenvalue weighted by Gasteiger charge is 2.39. The minimum absolute atomic E-state index is 0.0138. The molecular formula is C22H24N6O4. The zero-order valence-electron chi connectivity index (χ0n) is 17.4. The fourth-order valence-electron chi connectivity index (χ4n) is 3.94. The van der Waals surface area contributed by atoms with E-state index in [4.69, 9.17) is 0 Å². The molecule has 2 aromatic rings. The van der Waals surface area contributed by atoms with Crippen LogP contribution in [0.15, 0.2) is 49.1 Å². The minimum Gasteiger partial charge on any atom is -0.354 e. The number of aromatic nitrogens is 2. The summed E-state index contributed by atoms with van der Waals surface area (Å²) in [5.41, 5.74) is 0.762. The molecule has 0 bridgehead atoms. The number of piperidine rings is 1. The molecule has 166 valence electrons. The predicted octanol–water partition coefficient (Wildman–Crippen LogP) is -0.162. The van der Waals surface area contributed by atoms with Gasteiger partial charge in [0.05, 0.1) is 17.7 Å². The Morgan fingerprint density at radius 3 is 2.31 bits per heavy atom. The molecule has 2 N–H and O–H groups in total. The molecule has 32 heavy (non-hydrogen) atoms. The van der Waals surface area contributed by atoms with Crippen LogP contribution in [0.1, 0.15) is 33.6 Å². The van der Waals surface area contributed by atoms with E-state index in [9.17, 15) is 19.2 Å². The van der Waals surface area contributed by atoms with Crippen LogP contribution < -0.4 is 10.6 Å². The van der Waals surface area contributed by atoms with Gasteiger partial charge in [-0.15, -0.1) is 0 Å². The number of piperazine rings is 1. The van der Waals surface area contributed by atoms with Crippen LogP contribution in [0.2, 0.25) is 0 Å². The third-order valence-electron chi connectivity index (χ3n) is 5.65. The maximum absolute atomic E-state index is 13.2. The first kappa shape index (κ1) is 21.4. The van der Waals surface area contributed by atoms with Gasteiger partial charge in [-0.3, -0.25) is 29.1 Å². The Kier molecular flexibility index (Phi) is 6.39. The maximum Gasteiger partial charge on any atom is 0.256 e. The van der Waals surface area contributed by atoms with Gasteiger partial charge >= 0.3 is 0 Å². The predicted molar refractivity (Wildman–Crippen MR) is 113 cm³/mol. The fourth-order valence-corrected chi connectivity index (χ4v) is 3.94. The van der Waals surface area contributed by atoms with Gasteiger partial charge in [-0.25, -0.2) is 0 Å². The lowest BCUT2D eigenvalue weighted by molar-refractivity contribution is -0.133. The SMILES string of the molecule is O=C(N[C@@H]1CCCNC1=O)[C@H]1CN(C(=O)c2cccnc2)CCN1C(=O)c1cccnc1. The topological polar surface area (TPSA) is 125 Å². The van der Waals surface area contributed by atoms with Crippen LogP contribution in [-0.2, 0) is 9.59 Å². The Balaban J connectivity index is 1.56. The number of carbonyl (C=O) groups excluding carboxylic acids is 4. The summed E-state index contributed by atoms with van der Waals surface area (Å²) in [4.78, 5) is 62.3. The first-order valence-electron chi connectivity index (χ1n) is 10.5. The molecule has 0 aliphatic carbocycles. The zero-order valence-corrected chi connectivity index (χ0v) is 17.4. The quantitative estimate of drug-likeness (QED) is 0.686. The first-order chi connectivity index (χ1) is 15.5. The van der Waals surface area contributed by atoms with E-state index >= 15 is 0 Å². The van der Waals surface area contributed by atoms with Crippen LogP contribution in [0.3, 0.4) is 0 Å². The molecule has 0 unspecified atom stereocenters. The molecule has 2 saturated heterocycles. The summed E-state index contributed by atoms with van der Waals surface area (Å²) in [5.74, 6) is -1.32. The van der Waals surface area contributed by atoms with Crippen molar-refractivity contribution in [2.24, 2.45) is 0 Å². The second-order valence-electron chi connectivity index (χ2n) is 7.74. The van der Waals surface area contributed by atoms with Crippen molar-refractivity contribution in [1.82, 2.24) is 30.4 Å². The molecule has 0 saturated carbocycles. The van der Waals surface area contributed by atoms with Crippen LogP contribution in [0, 0.1) is 0 Å². The maximum atomic E-state index is 13.2. The summed E-state index contributed by atoms with van der Waals surface area (Å²) < 4.78 is 0. The van der Waals surface area contributed by atoms with Gasteiger partial charge in [-0.05, 0) is 37.1 Å². The largest absolute Gasteiger partial charge is 0.354 e. The normalized spacial score (nSPS) is 20.9. The summed E-state index contributed by atoms with van der Waals surface area (Å²) in [5, 5.41) is 5.50. The van der Waals surface area contributed by atoms with Crippen molar-refractivity contribution in [1.29, 1.82) is 0 Å². The molecule has 2 fully saturated rings. The number of nitrogens with one attached hydrogen (secondary N) is 2. The van der Waals surface area contributed by atoms with E-state index in [-0.39, 0.29) is 37.4 Å². The van der Waals surface area contributed by atoms with Gasteiger partial charge in [0, 0.05) is 44.4 Å². The second-order valence-corrected chi connectivity index (χ2v) is 7.74. The minimum atomic E-state index is -0.938. The van der Waals surface area contributed by atoms with Gasteiger partial charge in [0.15, 0.2) is 0 Å². The molecule has 0 spiro atoms. The number of nitrogens with zero attached hydrogens (tertiary/aromatic N) is 4. The highest BCUT2D eigenvalue weighted by molar-refractivity contribution is 6.00. The number of hydrogen-bond donors (Lipinski definition) is 2. The number of hydrogen-bond acceptors (Lipinski definition) is 6. The molecule has 4 rings (SSSR count). The van der Waals surface area contributed by atoms with E-state index in [1.54, 1.807) is 36.7 Å². The lowest BCUT2D eigenvalue weighted by atomic mass is 10.0. The van der Waals surface area contributed by atoms with Crippen LogP contribution in [0.5, 0.6) is 0 Å². The van der Waals surface area contributed by atoms with Gasteiger partial charge in [0.2, 0.25) is 11.8 Å². The number of pyridine rings is 2. The lowest BCUT2D eigenvalue weighted by Crippen LogP contribution is -2.63. The van der Waals surface area contributed by atoms with Crippen LogP contribution >= 0.6 is 0 Å². The van der Waals surface area contributed by atoms with E-state index < -0.39 is 18.0 Å². The Hall–Kier alpha value is -3.82. The Labute approximate surface area is 185 Å². The average molecular weight is 436 g/mol. The standard InChI is InChI=1S/C22H24N6O4/c29-19-17(6-3-9-25-19)26-20(30)18-14-27(21(31)15-4-1-7-23-12-15)10-11-28(18)22(32)16-5-2-8-24-13-16/h1-2,4-5,7-8,12-13,17-18H,3,6,9-11,14H2,(H,25,29)(H,26,30)/t17-,18-/m1/s1. The number of amides is 4. The molecule has 10 heteroatoms. The molecule has 2 atom stereocenters. The van der Waals surface area contributed by atoms with Crippen LogP contribution in [0.25, 0.3) is 0 Å². The Morgan fingerprint density at radius 1 is 1.00 bits per heavy atom. The summed E-state index contributed by atoms with van der Waals surface area (Å²) >= 11 is 0. The van der Waals surface area contributed by atoms with Crippen molar-refractivity contribution in [2.75, 3.05) is 26.2 Å². The highest BCUT2D eigenvalue weighted by atomic mass is 16.2. The van der Waals surface area contributed by atoms with Gasteiger partial charge < -0.3 is 20.4 Å². The van der Waals surface area contributed by atoms with Gasteiger partial charge in [-0.1, -0.05) is 0 Å². The molecule has 2 aliphatic rings. The fraction of sp³-hybridized carbons (Fsp3) is 0.364. The van der Waals surface area contributed by atoms with E-state index in [1.807, 2.05) is 0 Å². The van der Waals surface area contributed by atoms with Gasteiger partial charge in [0.1, 0.15) is 12.1 Å². The van der Waals surface area contributed by atoms with Crippen LogP contribution in [-0.4, -0.2) is 81.7 Å². The van der Waals surface area contributed by atoms with Crippen molar-refractivity contribution >= 4 is 23.6 Å². The monoisotopic (exact) mass is 436 g/mol. The zero-order chi connectivity index (χ0) is 22.5. The van der Waals surface area contributed by atoms with E-state index in [0.29, 0.717) is 24.1 Å². The van der Waals surface area contributed by atoms with Crippen molar-refractivity contribution in [3.8, 4) is 0 Å². The molecule has 0 radical (unpaired) electrons. The van der Waals surface area contributed by atoms with E-state index in [2.05, 4.69) is 20.6 Å². The third-order valence-corrected chi connectivity index (χ3v) is 5.65. The van der Waals surface area contributed by atoms with Crippen LogP contribution in [0.4, 0.5) is 0 Å². The smallest absolute Gasteiger partial charge is 0.256 e. The average Bonchev–Trinajstić information content (AvgIpc) is 2.85. The lowest BCUT2D eigenvalue weighted by Gasteiger charge is -2.41. The van der Waals surface area contributed by atoms with E-state index in [1.165, 1.54) is 22.2 Å². The summed E-state index contributed by atoms with van der Waals surface area (Å²) in [6, 6.07) is 5.01. The molecule has 2 aromatic heterocycles. The summed E-state index contributed by atoms with van der Waals surface area (Å²) in [6.45, 7) is 1.04. The van der Waals surface area contributed by atoms with E-state index in [0.717, 1.165) is 6.42 Å². The van der Waals surface area contributed by atoms with Crippen molar-refractivity contribution < 1.29 is 19.2 Å². The van der Waals surface area contributed by atoms with Crippen molar-refractivity contribution in [3.05, 3.63) is 60.2 Å². The van der Waals surface area contributed by atoms with Crippen molar-refractivity contribution in [3.63, 3.8) is 0 Å². The third kappa shape index (κ3) is 4.58. The molecule has 4 heterocycles. The number of carbonyl (C=O) groups is 4. The Morgan fingerprint density at radius 2 is 1.69 bits per heavy atom. The molecule has 2 aliphatic heterocycles. The van der Waals surface area contributed by atoms with Gasteiger partial charge in [0.25, 0.3) is 11.8 Å².